The average Bonchev–Trinajstić information content (AvgIpc) is 4.14. The molecule has 2 amide bonds. The Morgan fingerprint density at radius 1 is 0.807 bits per heavy atom. The highest BCUT2D eigenvalue weighted by Gasteiger charge is 2.36. The molecule has 0 bridgehead atoms. The average molecular weight is 829 g/mol. The van der Waals surface area contributed by atoms with E-state index >= 15 is 0 Å². The molecule has 3 aromatic carbocycles. The van der Waals surface area contributed by atoms with Gasteiger partial charge in [-0.15, -0.1) is 0 Å². The summed E-state index contributed by atoms with van der Waals surface area (Å²) in [7, 11) is 6.70. The number of nitrogens with one attached hydrogen (secondary N) is 1. The second-order valence-corrected chi connectivity index (χ2v) is 15.6. The van der Waals surface area contributed by atoms with Gasteiger partial charge in [-0.25, -0.2) is 0 Å². The Labute approximate surface area is 348 Å². The van der Waals surface area contributed by atoms with Gasteiger partial charge in [0.15, 0.2) is 12.4 Å². The van der Waals surface area contributed by atoms with Crippen LogP contribution in [0.2, 0.25) is 10.0 Å². The smallest absolute Gasteiger partial charge is 0.309 e. The maximum atomic E-state index is 13.1. The highest BCUT2D eigenvalue weighted by molar-refractivity contribution is 6.37. The fraction of sp³-hybridized carbons (Fsp3) is 0.523. The van der Waals surface area contributed by atoms with Crippen LogP contribution in [0.1, 0.15) is 61.6 Å². The van der Waals surface area contributed by atoms with Gasteiger partial charge in [0.05, 0.1) is 29.0 Å². The SMILES string of the molecule is CN(C)C(=O)COC(=O)C1CC1.COCCCc1cc(CN(C(=O)[C@@H]2CCCNC2)C2CC2)cc(OC)c1.Cc1cc(Cl)c(OCCOc2ccccc2)c(Cl)c1. The zero-order valence-electron chi connectivity index (χ0n) is 34.0. The van der Waals surface area contributed by atoms with Crippen LogP contribution in [-0.4, -0.2) is 101 Å². The largest absolute Gasteiger partial charge is 0.497 e. The number of piperidine rings is 1. The lowest BCUT2D eigenvalue weighted by molar-refractivity contribution is -0.152. The number of ether oxygens (including phenoxy) is 5. The molecule has 1 saturated heterocycles. The maximum absolute atomic E-state index is 13.1. The van der Waals surface area contributed by atoms with E-state index in [1.54, 1.807) is 28.3 Å². The minimum absolute atomic E-state index is 0.0694. The van der Waals surface area contributed by atoms with Gasteiger partial charge in [-0.2, -0.15) is 0 Å². The van der Waals surface area contributed by atoms with E-state index in [1.165, 1.54) is 16.0 Å². The van der Waals surface area contributed by atoms with Crippen molar-refractivity contribution in [1.82, 2.24) is 15.1 Å². The summed E-state index contributed by atoms with van der Waals surface area (Å²) in [5, 5.41) is 4.41. The van der Waals surface area contributed by atoms with Crippen LogP contribution in [0, 0.1) is 18.8 Å². The van der Waals surface area contributed by atoms with Crippen LogP contribution in [0.4, 0.5) is 0 Å². The highest BCUT2D eigenvalue weighted by atomic mass is 35.5. The number of esters is 1. The molecular weight excluding hydrogens is 769 g/mol. The number of aryl methyl sites for hydroxylation is 2. The molecule has 13 heteroatoms. The molecule has 3 aliphatic rings. The fourth-order valence-electron chi connectivity index (χ4n) is 6.11. The summed E-state index contributed by atoms with van der Waals surface area (Å²) in [5.41, 5.74) is 3.42. The molecule has 2 aliphatic carbocycles. The lowest BCUT2D eigenvalue weighted by Crippen LogP contribution is -2.43. The molecule has 11 nitrogen and oxygen atoms in total. The van der Waals surface area contributed by atoms with Crippen molar-refractivity contribution in [2.24, 2.45) is 11.8 Å². The van der Waals surface area contributed by atoms with Crippen molar-refractivity contribution in [2.45, 2.75) is 70.9 Å². The molecule has 0 unspecified atom stereocenters. The molecule has 3 fully saturated rings. The van der Waals surface area contributed by atoms with E-state index in [0.29, 0.717) is 47.5 Å². The van der Waals surface area contributed by atoms with E-state index in [4.69, 9.17) is 46.9 Å². The first kappa shape index (κ1) is 45.7. The number of hydrogen-bond donors (Lipinski definition) is 1. The van der Waals surface area contributed by atoms with Crippen molar-refractivity contribution >= 4 is 41.0 Å². The summed E-state index contributed by atoms with van der Waals surface area (Å²) in [6.07, 6.45) is 8.15. The zero-order valence-corrected chi connectivity index (χ0v) is 35.5. The number of para-hydroxylation sites is 1. The molecular formula is C44H59Cl2N3O8. The highest BCUT2D eigenvalue weighted by Crippen LogP contribution is 2.34. The molecule has 57 heavy (non-hydrogen) atoms. The quantitative estimate of drug-likeness (QED) is 0.109. The van der Waals surface area contributed by atoms with Crippen LogP contribution in [0.25, 0.3) is 0 Å². The number of benzene rings is 3. The van der Waals surface area contributed by atoms with Crippen LogP contribution >= 0.6 is 23.2 Å². The Hall–Kier alpha value is -4.03. The van der Waals surface area contributed by atoms with Gasteiger partial charge in [-0.05, 0) is 118 Å². The van der Waals surface area contributed by atoms with Crippen molar-refractivity contribution in [3.63, 3.8) is 0 Å². The van der Waals surface area contributed by atoms with Gasteiger partial charge in [-0.1, -0.05) is 47.5 Å². The standard InChI is InChI=1S/C21H32N2O3.C15H14Cl2O2.C8H13NO3/c1-25-10-4-5-16-11-17(13-20(12-16)26-2)15-23(19-7-8-19)21(24)18-6-3-9-22-14-18;1-11-9-13(16)15(14(17)10-11)19-8-7-18-12-5-3-2-4-6-12;1-9(2)7(10)5-12-8(11)6-3-4-6/h11-13,18-19,22H,3-10,14-15H2,1-2H3;2-6,9-10H,7-8H2,1H3;6H,3-5H2,1-2H3/t18-;;/m1../s1. The van der Waals surface area contributed by atoms with Crippen LogP contribution in [0.5, 0.6) is 17.2 Å². The number of hydrogen-bond acceptors (Lipinski definition) is 9. The first-order chi connectivity index (χ1) is 27.5. The third-order valence-electron chi connectivity index (χ3n) is 9.58. The van der Waals surface area contributed by atoms with Crippen LogP contribution in [0.15, 0.2) is 60.7 Å². The monoisotopic (exact) mass is 827 g/mol. The fourth-order valence-corrected chi connectivity index (χ4v) is 6.82. The van der Waals surface area contributed by atoms with Gasteiger partial charge in [0, 0.05) is 46.9 Å². The van der Waals surface area contributed by atoms with Crippen LogP contribution < -0.4 is 19.5 Å². The van der Waals surface area contributed by atoms with Gasteiger partial charge in [0.1, 0.15) is 24.7 Å². The summed E-state index contributed by atoms with van der Waals surface area (Å²) in [6.45, 7) is 5.93. The van der Waals surface area contributed by atoms with E-state index in [1.807, 2.05) is 49.4 Å². The number of nitrogens with zero attached hydrogens (tertiary/aromatic N) is 2. The predicted octanol–water partition coefficient (Wildman–Crippen LogP) is 7.55. The number of carbonyl (C=O) groups excluding carboxylic acids is 3. The molecule has 1 aliphatic heterocycles. The van der Waals surface area contributed by atoms with Gasteiger partial charge < -0.3 is 38.8 Å². The zero-order chi connectivity index (χ0) is 41.2. The molecule has 1 N–H and O–H groups in total. The van der Waals surface area contributed by atoms with E-state index in [9.17, 15) is 14.4 Å². The maximum Gasteiger partial charge on any atom is 0.309 e. The third-order valence-corrected chi connectivity index (χ3v) is 10.1. The number of carbonyl (C=O) groups is 3. The first-order valence-electron chi connectivity index (χ1n) is 19.8. The van der Waals surface area contributed by atoms with E-state index in [-0.39, 0.29) is 30.3 Å². The second-order valence-electron chi connectivity index (χ2n) is 14.8. The van der Waals surface area contributed by atoms with Gasteiger partial charge in [-0.3, -0.25) is 14.4 Å². The molecule has 1 atom stereocenters. The van der Waals surface area contributed by atoms with E-state index in [2.05, 4.69) is 28.4 Å². The number of halogens is 2. The minimum atomic E-state index is -0.231. The molecule has 312 valence electrons. The summed E-state index contributed by atoms with van der Waals surface area (Å²) >= 11 is 12.2. The molecule has 0 aromatic heterocycles. The normalized spacial score (nSPS) is 15.8. The Balaban J connectivity index is 0.000000204. The Morgan fingerprint density at radius 3 is 2.09 bits per heavy atom. The summed E-state index contributed by atoms with van der Waals surface area (Å²) in [4.78, 5) is 38.5. The Morgan fingerprint density at radius 2 is 1.49 bits per heavy atom. The van der Waals surface area contributed by atoms with E-state index < -0.39 is 0 Å². The Bertz CT molecular complexity index is 1680. The molecule has 1 heterocycles. The second kappa shape index (κ2) is 24.0. The van der Waals surface area contributed by atoms with Gasteiger partial charge in [0.25, 0.3) is 5.91 Å². The molecule has 0 spiro atoms. The van der Waals surface area contributed by atoms with Crippen molar-refractivity contribution in [1.29, 1.82) is 0 Å². The molecule has 2 saturated carbocycles. The van der Waals surface area contributed by atoms with Crippen molar-refractivity contribution in [3.8, 4) is 17.2 Å². The third kappa shape index (κ3) is 16.4. The van der Waals surface area contributed by atoms with Gasteiger partial charge in [0.2, 0.25) is 5.91 Å². The Kier molecular flexibility index (Phi) is 19.2. The first-order valence-corrected chi connectivity index (χ1v) is 20.5. The molecule has 0 radical (unpaired) electrons. The summed E-state index contributed by atoms with van der Waals surface area (Å²) in [6, 6.07) is 20.0. The van der Waals surface area contributed by atoms with Crippen molar-refractivity contribution in [2.75, 3.05) is 67.8 Å². The molecule has 6 rings (SSSR count). The minimum Gasteiger partial charge on any atom is -0.497 e. The lowest BCUT2D eigenvalue weighted by atomic mass is 9.97. The number of amides is 2. The number of likely N-dealkylation sites (N-methyl/N-ethyl adjacent to an activating group) is 1. The lowest BCUT2D eigenvalue weighted by Gasteiger charge is -2.30. The van der Waals surface area contributed by atoms with Crippen molar-refractivity contribution in [3.05, 3.63) is 87.4 Å². The van der Waals surface area contributed by atoms with Gasteiger partial charge >= 0.3 is 5.97 Å². The predicted molar refractivity (Wildman–Crippen MR) is 223 cm³/mol. The van der Waals surface area contributed by atoms with Crippen molar-refractivity contribution < 1.29 is 38.1 Å². The van der Waals surface area contributed by atoms with E-state index in [0.717, 1.165) is 88.1 Å². The summed E-state index contributed by atoms with van der Waals surface area (Å²) in [5.74, 6) is 2.31. The summed E-state index contributed by atoms with van der Waals surface area (Å²) < 4.78 is 26.5. The van der Waals surface area contributed by atoms with Crippen LogP contribution in [-0.2, 0) is 36.8 Å². The number of rotatable bonds is 17. The van der Waals surface area contributed by atoms with Crippen LogP contribution in [0.3, 0.4) is 0 Å². The number of methoxy groups -OCH3 is 2. The molecule has 3 aromatic rings. The topological polar surface area (TPSA) is 116 Å².